The molecule has 0 amide bonds. The van der Waals surface area contributed by atoms with Crippen molar-refractivity contribution >= 4 is 5.78 Å². The summed E-state index contributed by atoms with van der Waals surface area (Å²) in [5.41, 5.74) is 7.15. The topological polar surface area (TPSA) is 43.1 Å². The zero-order chi connectivity index (χ0) is 7.72. The largest absolute Gasteiger partial charge is 0.402 e. The molecular weight excluding hydrogens is 126 g/mol. The van der Waals surface area contributed by atoms with Crippen LogP contribution < -0.4 is 5.73 Å². The molecule has 1 aliphatic carbocycles. The van der Waals surface area contributed by atoms with Gasteiger partial charge in [-0.05, 0) is 19.8 Å². The van der Waals surface area contributed by atoms with Crippen LogP contribution in [-0.2, 0) is 4.79 Å². The van der Waals surface area contributed by atoms with Crippen LogP contribution in [-0.4, -0.2) is 5.78 Å². The minimum absolute atomic E-state index is 0.187. The molecule has 2 heteroatoms. The maximum atomic E-state index is 11.2. The monoisotopic (exact) mass is 139 g/mol. The van der Waals surface area contributed by atoms with E-state index in [0.717, 1.165) is 24.1 Å². The second-order valence-corrected chi connectivity index (χ2v) is 2.95. The molecular formula is C8H13NO. The third-order valence-corrected chi connectivity index (χ3v) is 2.15. The Hall–Kier alpha value is -0.790. The van der Waals surface area contributed by atoms with Gasteiger partial charge >= 0.3 is 0 Å². The van der Waals surface area contributed by atoms with Crippen LogP contribution in [0.2, 0.25) is 0 Å². The van der Waals surface area contributed by atoms with Gasteiger partial charge in [0.2, 0.25) is 0 Å². The highest BCUT2D eigenvalue weighted by atomic mass is 16.1. The molecule has 10 heavy (non-hydrogen) atoms. The second-order valence-electron chi connectivity index (χ2n) is 2.95. The van der Waals surface area contributed by atoms with E-state index in [1.165, 1.54) is 0 Å². The summed E-state index contributed by atoms with van der Waals surface area (Å²) in [6.45, 7) is 3.77. The van der Waals surface area contributed by atoms with Crippen molar-refractivity contribution in [3.63, 3.8) is 0 Å². The van der Waals surface area contributed by atoms with Gasteiger partial charge in [0.15, 0.2) is 5.78 Å². The Balaban J connectivity index is 2.88. The van der Waals surface area contributed by atoms with Crippen LogP contribution in [0.4, 0.5) is 0 Å². The summed E-state index contributed by atoms with van der Waals surface area (Å²) in [7, 11) is 0. The summed E-state index contributed by atoms with van der Waals surface area (Å²) in [6, 6.07) is 0. The number of ketones is 1. The third-order valence-electron chi connectivity index (χ3n) is 2.15. The van der Waals surface area contributed by atoms with Gasteiger partial charge in [0, 0.05) is 17.2 Å². The summed E-state index contributed by atoms with van der Waals surface area (Å²) in [5, 5.41) is 0. The van der Waals surface area contributed by atoms with Crippen molar-refractivity contribution in [2.24, 2.45) is 11.7 Å². The molecule has 0 bridgehead atoms. The van der Waals surface area contributed by atoms with E-state index < -0.39 is 0 Å². The maximum absolute atomic E-state index is 11.2. The van der Waals surface area contributed by atoms with Gasteiger partial charge in [0.25, 0.3) is 0 Å². The average Bonchev–Trinajstić information content (AvgIpc) is 1.93. The van der Waals surface area contributed by atoms with Gasteiger partial charge in [-0.2, -0.15) is 0 Å². The molecule has 0 radical (unpaired) electrons. The number of rotatable bonds is 0. The van der Waals surface area contributed by atoms with Crippen molar-refractivity contribution < 1.29 is 4.79 Å². The zero-order valence-electron chi connectivity index (χ0n) is 6.48. The standard InChI is InChI=1S/C8H13NO/c1-5-3-4-7(9)6(2)8(5)10/h5H,3-4,9H2,1-2H3. The SMILES string of the molecule is CC1=C(N)CCC(C)C1=O. The first-order chi connectivity index (χ1) is 4.63. The lowest BCUT2D eigenvalue weighted by molar-refractivity contribution is -0.119. The molecule has 1 aliphatic rings. The molecule has 0 spiro atoms. The number of hydrogen-bond acceptors (Lipinski definition) is 2. The Morgan fingerprint density at radius 1 is 1.60 bits per heavy atom. The van der Waals surface area contributed by atoms with E-state index in [-0.39, 0.29) is 11.7 Å². The molecule has 2 nitrogen and oxygen atoms in total. The lowest BCUT2D eigenvalue weighted by Gasteiger charge is -2.18. The highest BCUT2D eigenvalue weighted by Crippen LogP contribution is 2.22. The number of carbonyl (C=O) groups is 1. The van der Waals surface area contributed by atoms with Crippen LogP contribution in [0.25, 0.3) is 0 Å². The van der Waals surface area contributed by atoms with Crippen molar-refractivity contribution in [2.75, 3.05) is 0 Å². The number of Topliss-reactive ketones (excluding diaryl/α,β-unsaturated/α-hetero) is 1. The predicted octanol–water partition coefficient (Wildman–Crippen LogP) is 1.22. The van der Waals surface area contributed by atoms with Crippen molar-refractivity contribution in [3.8, 4) is 0 Å². The van der Waals surface area contributed by atoms with E-state index in [2.05, 4.69) is 0 Å². The van der Waals surface area contributed by atoms with Crippen LogP contribution in [0.3, 0.4) is 0 Å². The van der Waals surface area contributed by atoms with Gasteiger partial charge in [0.1, 0.15) is 0 Å². The quantitative estimate of drug-likeness (QED) is 0.548. The van der Waals surface area contributed by atoms with E-state index in [1.54, 1.807) is 0 Å². The molecule has 1 unspecified atom stereocenters. The first kappa shape index (κ1) is 7.32. The first-order valence-corrected chi connectivity index (χ1v) is 3.62. The molecule has 0 aromatic heterocycles. The lowest BCUT2D eigenvalue weighted by atomic mass is 9.88. The Morgan fingerprint density at radius 2 is 2.20 bits per heavy atom. The molecule has 0 saturated heterocycles. The highest BCUT2D eigenvalue weighted by Gasteiger charge is 2.21. The fourth-order valence-corrected chi connectivity index (χ4v) is 1.22. The minimum atomic E-state index is 0.187. The Labute approximate surface area is 61.1 Å². The second kappa shape index (κ2) is 2.45. The summed E-state index contributed by atoms with van der Waals surface area (Å²) < 4.78 is 0. The molecule has 0 fully saturated rings. The van der Waals surface area contributed by atoms with Crippen LogP contribution in [0, 0.1) is 5.92 Å². The van der Waals surface area contributed by atoms with Crippen molar-refractivity contribution in [3.05, 3.63) is 11.3 Å². The Bertz CT molecular complexity index is 193. The minimum Gasteiger partial charge on any atom is -0.402 e. The number of hydrogen-bond donors (Lipinski definition) is 1. The van der Waals surface area contributed by atoms with E-state index >= 15 is 0 Å². The molecule has 0 aromatic carbocycles. The summed E-state index contributed by atoms with van der Waals surface area (Å²) in [6.07, 6.45) is 1.81. The highest BCUT2D eigenvalue weighted by molar-refractivity contribution is 5.97. The van der Waals surface area contributed by atoms with Gasteiger partial charge < -0.3 is 5.73 Å². The van der Waals surface area contributed by atoms with Crippen molar-refractivity contribution in [1.29, 1.82) is 0 Å². The van der Waals surface area contributed by atoms with Gasteiger partial charge in [-0.25, -0.2) is 0 Å². The maximum Gasteiger partial charge on any atom is 0.163 e. The normalized spacial score (nSPS) is 27.4. The fourth-order valence-electron chi connectivity index (χ4n) is 1.22. The molecule has 1 rings (SSSR count). The molecule has 2 N–H and O–H groups in total. The summed E-state index contributed by atoms with van der Waals surface area (Å²) >= 11 is 0. The van der Waals surface area contributed by atoms with Crippen LogP contribution in [0.1, 0.15) is 26.7 Å². The molecule has 0 aromatic rings. The number of carbonyl (C=O) groups excluding carboxylic acids is 1. The van der Waals surface area contributed by atoms with Crippen LogP contribution in [0.5, 0.6) is 0 Å². The van der Waals surface area contributed by atoms with Crippen LogP contribution >= 0.6 is 0 Å². The molecule has 0 saturated carbocycles. The van der Waals surface area contributed by atoms with E-state index in [1.807, 2.05) is 13.8 Å². The Kier molecular flexibility index (Phi) is 1.79. The molecule has 1 atom stereocenters. The summed E-state index contributed by atoms with van der Waals surface area (Å²) in [5.74, 6) is 0.413. The Morgan fingerprint density at radius 3 is 2.70 bits per heavy atom. The van der Waals surface area contributed by atoms with Gasteiger partial charge in [0.05, 0.1) is 0 Å². The van der Waals surface area contributed by atoms with Gasteiger partial charge in [-0.3, -0.25) is 4.79 Å². The van der Waals surface area contributed by atoms with Crippen molar-refractivity contribution in [2.45, 2.75) is 26.7 Å². The molecule has 0 heterocycles. The fraction of sp³-hybridized carbons (Fsp3) is 0.625. The molecule has 56 valence electrons. The molecule has 0 aliphatic heterocycles. The predicted molar refractivity (Wildman–Crippen MR) is 40.3 cm³/mol. The number of allylic oxidation sites excluding steroid dienone is 2. The zero-order valence-corrected chi connectivity index (χ0v) is 6.48. The third kappa shape index (κ3) is 1.06. The van der Waals surface area contributed by atoms with E-state index in [4.69, 9.17) is 5.73 Å². The van der Waals surface area contributed by atoms with E-state index in [0.29, 0.717) is 0 Å². The van der Waals surface area contributed by atoms with E-state index in [9.17, 15) is 4.79 Å². The smallest absolute Gasteiger partial charge is 0.163 e. The number of nitrogens with two attached hydrogens (primary N) is 1. The average molecular weight is 139 g/mol. The first-order valence-electron chi connectivity index (χ1n) is 3.62. The van der Waals surface area contributed by atoms with Gasteiger partial charge in [-0.1, -0.05) is 6.92 Å². The van der Waals surface area contributed by atoms with Gasteiger partial charge in [-0.15, -0.1) is 0 Å². The summed E-state index contributed by atoms with van der Waals surface area (Å²) in [4.78, 5) is 11.2. The van der Waals surface area contributed by atoms with Crippen LogP contribution in [0.15, 0.2) is 11.3 Å². The van der Waals surface area contributed by atoms with Crippen molar-refractivity contribution in [1.82, 2.24) is 0 Å². The lowest BCUT2D eigenvalue weighted by Crippen LogP contribution is -2.21.